The van der Waals surface area contributed by atoms with Crippen LogP contribution in [0.3, 0.4) is 0 Å². The summed E-state index contributed by atoms with van der Waals surface area (Å²) in [7, 11) is 0. The third-order valence-electron chi connectivity index (χ3n) is 3.41. The van der Waals surface area contributed by atoms with Gasteiger partial charge in [0.25, 0.3) is 5.95 Å². The highest BCUT2D eigenvalue weighted by molar-refractivity contribution is 9.10. The number of nitrogens with zero attached hydrogens (tertiary/aromatic N) is 6. The monoisotopic (exact) mass is 337 g/mol. The average molecular weight is 338 g/mol. The van der Waals surface area contributed by atoms with E-state index in [0.717, 1.165) is 41.8 Å². The molecule has 0 spiro atoms. The Bertz CT molecular complexity index is 645. The van der Waals surface area contributed by atoms with Crippen molar-refractivity contribution in [3.63, 3.8) is 0 Å². The minimum atomic E-state index is 0.223. The average Bonchev–Trinajstić information content (AvgIpc) is 3.03. The highest BCUT2D eigenvalue weighted by atomic mass is 79.9. The lowest BCUT2D eigenvalue weighted by molar-refractivity contribution is 0.756. The van der Waals surface area contributed by atoms with Gasteiger partial charge in [-0.05, 0) is 42.6 Å². The molecule has 8 heteroatoms. The highest BCUT2D eigenvalue weighted by Gasteiger charge is 2.19. The summed E-state index contributed by atoms with van der Waals surface area (Å²) < 4.78 is 2.65. The van der Waals surface area contributed by atoms with Crippen LogP contribution in [0.1, 0.15) is 24.2 Å². The number of hydrogen-bond acceptors (Lipinski definition) is 6. The summed E-state index contributed by atoms with van der Waals surface area (Å²) >= 11 is 3.50. The minimum Gasteiger partial charge on any atom is -0.368 e. The van der Waals surface area contributed by atoms with Crippen LogP contribution in [0.5, 0.6) is 0 Å². The molecule has 3 heterocycles. The van der Waals surface area contributed by atoms with Crippen molar-refractivity contribution in [1.29, 1.82) is 0 Å². The van der Waals surface area contributed by atoms with Crippen LogP contribution in [0.25, 0.3) is 5.95 Å². The molecule has 1 aliphatic rings. The number of nitrogen functional groups attached to an aromatic ring is 1. The number of hydrogen-bond donors (Lipinski definition) is 1. The maximum absolute atomic E-state index is 5.82. The molecule has 1 saturated heterocycles. The quantitative estimate of drug-likeness (QED) is 0.896. The van der Waals surface area contributed by atoms with E-state index < -0.39 is 0 Å². The van der Waals surface area contributed by atoms with Crippen molar-refractivity contribution in [3.8, 4) is 5.95 Å². The SMILES string of the molecule is Cc1nn(-c2nc(N)nc(N3CCCC3)n2)c(C)c1Br. The topological polar surface area (TPSA) is 85.8 Å². The van der Waals surface area contributed by atoms with Crippen LogP contribution in [0.4, 0.5) is 11.9 Å². The van der Waals surface area contributed by atoms with E-state index in [4.69, 9.17) is 5.73 Å². The second-order valence-electron chi connectivity index (χ2n) is 4.88. The molecule has 2 aromatic rings. The van der Waals surface area contributed by atoms with Crippen LogP contribution in [0.15, 0.2) is 4.47 Å². The minimum absolute atomic E-state index is 0.223. The molecule has 1 aliphatic heterocycles. The third kappa shape index (κ3) is 2.24. The molecule has 3 rings (SSSR count). The van der Waals surface area contributed by atoms with Crippen LogP contribution in [-0.2, 0) is 0 Å². The van der Waals surface area contributed by atoms with Crippen LogP contribution in [0, 0.1) is 13.8 Å². The second kappa shape index (κ2) is 5.01. The van der Waals surface area contributed by atoms with Crippen molar-refractivity contribution in [2.75, 3.05) is 23.7 Å². The Balaban J connectivity index is 2.07. The Morgan fingerprint density at radius 1 is 1.05 bits per heavy atom. The number of halogens is 1. The first kappa shape index (κ1) is 13.3. The van der Waals surface area contributed by atoms with Crippen molar-refractivity contribution in [2.45, 2.75) is 26.7 Å². The summed E-state index contributed by atoms with van der Waals surface area (Å²) in [6.45, 7) is 5.81. The van der Waals surface area contributed by atoms with Crippen LogP contribution in [0.2, 0.25) is 0 Å². The Hall–Kier alpha value is -1.70. The predicted molar refractivity (Wildman–Crippen MR) is 80.0 cm³/mol. The molecule has 0 aromatic carbocycles. The molecule has 0 radical (unpaired) electrons. The molecule has 0 aliphatic carbocycles. The Morgan fingerprint density at radius 2 is 1.70 bits per heavy atom. The molecule has 20 heavy (non-hydrogen) atoms. The van der Waals surface area contributed by atoms with Crippen molar-refractivity contribution in [2.24, 2.45) is 0 Å². The van der Waals surface area contributed by atoms with Gasteiger partial charge >= 0.3 is 0 Å². The molecular formula is C12H16BrN7. The number of anilines is 2. The summed E-state index contributed by atoms with van der Waals surface area (Å²) in [6.07, 6.45) is 2.32. The fraction of sp³-hybridized carbons (Fsp3) is 0.500. The first-order valence-corrected chi connectivity index (χ1v) is 7.34. The van der Waals surface area contributed by atoms with Crippen LogP contribution >= 0.6 is 15.9 Å². The van der Waals surface area contributed by atoms with Crippen LogP contribution < -0.4 is 10.6 Å². The molecular weight excluding hydrogens is 322 g/mol. The number of rotatable bonds is 2. The van der Waals surface area contributed by atoms with Gasteiger partial charge in [0.05, 0.1) is 15.9 Å². The molecule has 106 valence electrons. The first-order valence-electron chi connectivity index (χ1n) is 6.55. The number of nitrogens with two attached hydrogens (primary N) is 1. The standard InChI is InChI=1S/C12H16BrN7/c1-7-9(13)8(2)20(18-7)12-16-10(14)15-11(17-12)19-5-3-4-6-19/h3-6H2,1-2H3,(H2,14,15,16,17). The summed E-state index contributed by atoms with van der Waals surface area (Å²) in [5, 5.41) is 4.43. The zero-order valence-electron chi connectivity index (χ0n) is 11.5. The summed E-state index contributed by atoms with van der Waals surface area (Å²) in [5.74, 6) is 1.32. The molecule has 0 atom stereocenters. The molecule has 0 bridgehead atoms. The molecule has 2 aromatic heterocycles. The van der Waals surface area contributed by atoms with Crippen molar-refractivity contribution in [3.05, 3.63) is 15.9 Å². The van der Waals surface area contributed by atoms with Gasteiger partial charge in [-0.1, -0.05) is 0 Å². The Morgan fingerprint density at radius 3 is 2.30 bits per heavy atom. The van der Waals surface area contributed by atoms with Gasteiger partial charge in [0, 0.05) is 13.1 Å². The lowest BCUT2D eigenvalue weighted by atomic mass is 10.4. The number of aromatic nitrogens is 5. The summed E-state index contributed by atoms with van der Waals surface area (Å²) in [6, 6.07) is 0. The van der Waals surface area contributed by atoms with E-state index in [2.05, 4.69) is 40.9 Å². The van der Waals surface area contributed by atoms with E-state index >= 15 is 0 Å². The van der Waals surface area contributed by atoms with Crippen molar-refractivity contribution >= 4 is 27.8 Å². The lowest BCUT2D eigenvalue weighted by Crippen LogP contribution is -2.22. The first-order chi connectivity index (χ1) is 9.56. The van der Waals surface area contributed by atoms with Gasteiger partial charge in [0.1, 0.15) is 0 Å². The maximum atomic E-state index is 5.82. The molecule has 0 unspecified atom stereocenters. The third-order valence-corrected chi connectivity index (χ3v) is 4.56. The van der Waals surface area contributed by atoms with Gasteiger partial charge in [0.2, 0.25) is 11.9 Å². The molecule has 7 nitrogen and oxygen atoms in total. The summed E-state index contributed by atoms with van der Waals surface area (Å²) in [5.41, 5.74) is 7.66. The molecule has 1 fully saturated rings. The second-order valence-corrected chi connectivity index (χ2v) is 5.68. The van der Waals surface area contributed by atoms with E-state index in [1.54, 1.807) is 4.68 Å². The fourth-order valence-corrected chi connectivity index (χ4v) is 2.59. The van der Waals surface area contributed by atoms with Gasteiger partial charge in [-0.3, -0.25) is 0 Å². The Kier molecular flexibility index (Phi) is 3.33. The van der Waals surface area contributed by atoms with Gasteiger partial charge in [-0.25, -0.2) is 4.68 Å². The number of aryl methyl sites for hydroxylation is 1. The van der Waals surface area contributed by atoms with Crippen molar-refractivity contribution in [1.82, 2.24) is 24.7 Å². The van der Waals surface area contributed by atoms with E-state index in [-0.39, 0.29) is 5.95 Å². The zero-order chi connectivity index (χ0) is 14.3. The van der Waals surface area contributed by atoms with Gasteiger partial charge in [-0.15, -0.1) is 0 Å². The molecule has 0 amide bonds. The predicted octanol–water partition coefficient (Wildman–Crippen LogP) is 1.62. The largest absolute Gasteiger partial charge is 0.368 e. The highest BCUT2D eigenvalue weighted by Crippen LogP contribution is 2.23. The van der Waals surface area contributed by atoms with Gasteiger partial charge < -0.3 is 10.6 Å². The normalized spacial score (nSPS) is 15.1. The molecule has 0 saturated carbocycles. The lowest BCUT2D eigenvalue weighted by Gasteiger charge is -2.15. The van der Waals surface area contributed by atoms with Gasteiger partial charge in [0.15, 0.2) is 0 Å². The van der Waals surface area contributed by atoms with E-state index in [9.17, 15) is 0 Å². The fourth-order valence-electron chi connectivity index (χ4n) is 2.34. The van der Waals surface area contributed by atoms with E-state index in [1.165, 1.54) is 0 Å². The van der Waals surface area contributed by atoms with E-state index in [0.29, 0.717) is 11.9 Å². The van der Waals surface area contributed by atoms with E-state index in [1.807, 2.05) is 13.8 Å². The smallest absolute Gasteiger partial charge is 0.257 e. The summed E-state index contributed by atoms with van der Waals surface area (Å²) in [4.78, 5) is 15.1. The zero-order valence-corrected chi connectivity index (χ0v) is 13.1. The van der Waals surface area contributed by atoms with Crippen LogP contribution in [-0.4, -0.2) is 37.8 Å². The van der Waals surface area contributed by atoms with Gasteiger partial charge in [-0.2, -0.15) is 20.1 Å². The maximum Gasteiger partial charge on any atom is 0.257 e. The molecule has 2 N–H and O–H groups in total. The Labute approximate surface area is 125 Å². The van der Waals surface area contributed by atoms with Crippen molar-refractivity contribution < 1.29 is 0 Å².